The standard InChI is InChI=1S/Mg.2Na.H3O4P.H2O.2H/c;;;1-5(2,3)4;;;/h;;;(H3,1,2,3,4);1H2;;/q+2;2*+1;;;2*-1/p-2. The van der Waals surface area contributed by atoms with Crippen molar-refractivity contribution in [2.75, 3.05) is 0 Å². The summed E-state index contributed by atoms with van der Waals surface area (Å²) in [6.45, 7) is 0. The van der Waals surface area contributed by atoms with Crippen molar-refractivity contribution in [1.82, 2.24) is 0 Å². The molecule has 0 bridgehead atoms. The van der Waals surface area contributed by atoms with E-state index in [0.717, 1.165) is 0 Å². The molecule has 0 saturated carbocycles. The van der Waals surface area contributed by atoms with Gasteiger partial charge in [0.25, 0.3) is 0 Å². The second-order valence-corrected chi connectivity index (χ2v) is 1.41. The molecule has 0 spiro atoms. The molecule has 5 nitrogen and oxygen atoms in total. The predicted octanol–water partition coefficient (Wildman–Crippen LogP) is -9.17. The van der Waals surface area contributed by atoms with Crippen LogP contribution >= 0.6 is 7.82 Å². The topological polar surface area (TPSA) is 115 Å². The van der Waals surface area contributed by atoms with E-state index in [1.807, 2.05) is 0 Å². The minimum atomic E-state index is -5.14. The number of hydrogen-bond acceptors (Lipinski definition) is 3. The van der Waals surface area contributed by atoms with Crippen molar-refractivity contribution in [3.63, 3.8) is 0 Å². The summed E-state index contributed by atoms with van der Waals surface area (Å²) in [6, 6.07) is 0. The number of rotatable bonds is 0. The smallest absolute Gasteiger partial charge is 1.00 e. The van der Waals surface area contributed by atoms with Crippen molar-refractivity contribution in [2.24, 2.45) is 0 Å². The Morgan fingerprint density at radius 2 is 1.33 bits per heavy atom. The zero-order valence-electron chi connectivity index (χ0n) is 7.33. The van der Waals surface area contributed by atoms with Crippen molar-refractivity contribution >= 4 is 30.9 Å². The first-order valence-corrected chi connectivity index (χ1v) is 2.24. The van der Waals surface area contributed by atoms with E-state index in [-0.39, 0.29) is 90.5 Å². The van der Waals surface area contributed by atoms with Gasteiger partial charge in [-0.2, -0.15) is 0 Å². The molecule has 0 amide bonds. The molecule has 0 aliphatic rings. The van der Waals surface area contributed by atoms with E-state index in [1.165, 1.54) is 0 Å². The van der Waals surface area contributed by atoms with Gasteiger partial charge in [0.15, 0.2) is 0 Å². The monoisotopic (exact) mass is 186 g/mol. The second-order valence-electron chi connectivity index (χ2n) is 0.469. The summed E-state index contributed by atoms with van der Waals surface area (Å²) in [5.41, 5.74) is 0. The quantitative estimate of drug-likeness (QED) is 0.299. The molecule has 3 N–H and O–H groups in total. The summed E-state index contributed by atoms with van der Waals surface area (Å²) < 4.78 is 8.66. The van der Waals surface area contributed by atoms with E-state index in [4.69, 9.17) is 19.2 Å². The van der Waals surface area contributed by atoms with Crippen LogP contribution < -0.4 is 68.9 Å². The van der Waals surface area contributed by atoms with Gasteiger partial charge in [-0.3, -0.25) is 0 Å². The number of phosphoric acid groups is 1. The molecule has 0 rings (SSSR count). The van der Waals surface area contributed by atoms with Gasteiger partial charge in [0, 0.05) is 0 Å². The van der Waals surface area contributed by atoms with Gasteiger partial charge in [0.1, 0.15) is 0 Å². The van der Waals surface area contributed by atoms with E-state index in [0.29, 0.717) is 0 Å². The molecule has 0 aromatic heterocycles. The summed E-state index contributed by atoms with van der Waals surface area (Å²) in [5.74, 6) is 0. The van der Waals surface area contributed by atoms with Gasteiger partial charge in [-0.05, 0) is 0 Å². The normalized spacial score (nSPS) is 6.56. The molecule has 0 aromatic rings. The Bertz CT molecular complexity index is 68.6. The van der Waals surface area contributed by atoms with Crippen molar-refractivity contribution in [3.8, 4) is 0 Å². The molecule has 0 radical (unpaired) electrons. The van der Waals surface area contributed by atoms with Crippen molar-refractivity contribution in [2.45, 2.75) is 0 Å². The molecule has 0 aliphatic heterocycles. The third-order valence-corrected chi connectivity index (χ3v) is 0. The average molecular weight is 186 g/mol. The van der Waals surface area contributed by atoms with E-state index in [9.17, 15) is 0 Å². The van der Waals surface area contributed by atoms with Crippen molar-refractivity contribution in [3.05, 3.63) is 0 Å². The maximum absolute atomic E-state index is 8.66. The zero-order chi connectivity index (χ0) is 4.50. The molecule has 44 valence electrons. The molecule has 0 unspecified atom stereocenters. The van der Waals surface area contributed by atoms with Gasteiger partial charge in [-0.25, -0.2) is 0 Å². The van der Waals surface area contributed by atoms with E-state index >= 15 is 0 Å². The molecule has 0 aromatic carbocycles. The Morgan fingerprint density at radius 1 is 1.33 bits per heavy atom. The molecule has 9 heavy (non-hydrogen) atoms. The maximum Gasteiger partial charge on any atom is 2.00 e. The van der Waals surface area contributed by atoms with Crippen LogP contribution in [0.15, 0.2) is 0 Å². The second kappa shape index (κ2) is 13.4. The molecule has 0 fully saturated rings. The Morgan fingerprint density at radius 3 is 1.33 bits per heavy atom. The van der Waals surface area contributed by atoms with Crippen LogP contribution in [0.2, 0.25) is 0 Å². The van der Waals surface area contributed by atoms with Crippen LogP contribution in [-0.4, -0.2) is 33.4 Å². The number of hydrogen-bond donors (Lipinski definition) is 1. The molecule has 0 aliphatic carbocycles. The van der Waals surface area contributed by atoms with Gasteiger partial charge in [0.05, 0.1) is 7.82 Å². The average Bonchev–Trinajstić information content (AvgIpc) is 0.722. The third-order valence-electron chi connectivity index (χ3n) is 0. The Balaban J connectivity index is -0.00000000533. The van der Waals surface area contributed by atoms with Crippen LogP contribution in [-0.2, 0) is 4.57 Å². The maximum atomic E-state index is 8.66. The van der Waals surface area contributed by atoms with Crippen LogP contribution in [0, 0.1) is 0 Å². The zero-order valence-corrected chi connectivity index (χ0v) is 11.6. The van der Waals surface area contributed by atoms with E-state index in [2.05, 4.69) is 0 Å². The molecular weight excluding hydrogens is 181 g/mol. The van der Waals surface area contributed by atoms with Crippen LogP contribution in [0.3, 0.4) is 0 Å². The van der Waals surface area contributed by atoms with Crippen LogP contribution in [0.25, 0.3) is 0 Å². The van der Waals surface area contributed by atoms with Crippen LogP contribution in [0.4, 0.5) is 0 Å². The minimum Gasteiger partial charge on any atom is -1.00 e. The summed E-state index contributed by atoms with van der Waals surface area (Å²) in [5, 5.41) is 0. The first-order chi connectivity index (χ1) is 2.00. The summed E-state index contributed by atoms with van der Waals surface area (Å²) in [7, 11) is -5.14. The Labute approximate surface area is 116 Å². The molecule has 0 saturated heterocycles. The van der Waals surface area contributed by atoms with Crippen molar-refractivity contribution in [1.29, 1.82) is 0 Å². The molecule has 0 atom stereocenters. The molecular formula is H5MgNa2O5P. The minimum absolute atomic E-state index is 0. The fraction of sp³-hybridized carbons (Fsp3) is 0. The van der Waals surface area contributed by atoms with Gasteiger partial charge >= 0.3 is 82.2 Å². The van der Waals surface area contributed by atoms with Gasteiger partial charge < -0.3 is 27.6 Å². The summed E-state index contributed by atoms with van der Waals surface area (Å²) >= 11 is 0. The van der Waals surface area contributed by atoms with Crippen LogP contribution in [0.1, 0.15) is 2.85 Å². The Kier molecular flexibility index (Phi) is 44.4. The summed E-state index contributed by atoms with van der Waals surface area (Å²) in [6.07, 6.45) is 0. The van der Waals surface area contributed by atoms with Gasteiger partial charge in [-0.1, -0.05) is 0 Å². The third kappa shape index (κ3) is 105. The van der Waals surface area contributed by atoms with Crippen molar-refractivity contribution < 1.29 is 86.7 Å². The fourth-order valence-electron chi connectivity index (χ4n) is 0. The van der Waals surface area contributed by atoms with Crippen LogP contribution in [0.5, 0.6) is 0 Å². The van der Waals surface area contributed by atoms with E-state index < -0.39 is 7.82 Å². The SMILES string of the molecule is O.O=P([O-])([O-])O.[H-].[H-].[Mg+2].[Na+].[Na+]. The first-order valence-electron chi connectivity index (χ1n) is 0.748. The largest absolute Gasteiger partial charge is 2.00 e. The first kappa shape index (κ1) is 29.7. The predicted molar refractivity (Wildman–Crippen MR) is 21.4 cm³/mol. The molecule has 9 heteroatoms. The van der Waals surface area contributed by atoms with E-state index in [1.54, 1.807) is 0 Å². The summed E-state index contributed by atoms with van der Waals surface area (Å²) in [4.78, 5) is 24.3. The molecule has 0 heterocycles. The Hall–Kier alpha value is 2.84. The fourth-order valence-corrected chi connectivity index (χ4v) is 0. The van der Waals surface area contributed by atoms with Gasteiger partial charge in [-0.15, -0.1) is 0 Å². The van der Waals surface area contributed by atoms with Gasteiger partial charge in [0.2, 0.25) is 0 Å².